The lowest BCUT2D eigenvalue weighted by Gasteiger charge is -2.10. The van der Waals surface area contributed by atoms with Crippen molar-refractivity contribution in [1.82, 2.24) is 0 Å². The van der Waals surface area contributed by atoms with Crippen LogP contribution in [0, 0.1) is 0 Å². The Kier molecular flexibility index (Phi) is 6.69. The molecule has 1 N–H and O–H groups in total. The summed E-state index contributed by atoms with van der Waals surface area (Å²) in [7, 11) is 1.61. The molecule has 0 fully saturated rings. The maximum absolute atomic E-state index is 8.59. The van der Waals surface area contributed by atoms with Crippen LogP contribution in [0.3, 0.4) is 0 Å². The van der Waals surface area contributed by atoms with E-state index in [9.17, 15) is 0 Å². The summed E-state index contributed by atoms with van der Waals surface area (Å²) in [6, 6.07) is 5.41. The molecule has 1 aromatic carbocycles. The molecule has 0 bridgehead atoms. The molecule has 0 radical (unpaired) electrons. The summed E-state index contributed by atoms with van der Waals surface area (Å²) in [5.74, 6) is 1.41. The van der Waals surface area contributed by atoms with Gasteiger partial charge in [-0.2, -0.15) is 0 Å². The van der Waals surface area contributed by atoms with E-state index in [-0.39, 0.29) is 0 Å². The first-order valence-electron chi connectivity index (χ1n) is 6.30. The quantitative estimate of drug-likeness (QED) is 0.333. The molecule has 1 rings (SSSR count). The predicted octanol–water partition coefficient (Wildman–Crippen LogP) is 3.46. The van der Waals surface area contributed by atoms with E-state index in [0.717, 1.165) is 17.7 Å². The minimum absolute atomic E-state index is 0.666. The van der Waals surface area contributed by atoms with Crippen LogP contribution in [-0.2, 0) is 0 Å². The Morgan fingerprint density at radius 1 is 1.28 bits per heavy atom. The van der Waals surface area contributed by atoms with Crippen molar-refractivity contribution in [3.8, 4) is 11.5 Å². The zero-order valence-corrected chi connectivity index (χ0v) is 11.1. The second kappa shape index (κ2) is 8.39. The molecule has 0 saturated heterocycles. The van der Waals surface area contributed by atoms with Crippen LogP contribution in [0.5, 0.6) is 11.5 Å². The van der Waals surface area contributed by atoms with Crippen molar-refractivity contribution in [3.05, 3.63) is 23.8 Å². The van der Waals surface area contributed by atoms with Gasteiger partial charge in [0.15, 0.2) is 0 Å². The third kappa shape index (κ3) is 4.65. The number of hydrogen-bond donors (Lipinski definition) is 1. The number of oxime groups is 1. The summed E-state index contributed by atoms with van der Waals surface area (Å²) < 4.78 is 10.8. The fourth-order valence-corrected chi connectivity index (χ4v) is 1.65. The predicted molar refractivity (Wildman–Crippen MR) is 72.0 cm³/mol. The third-order valence-corrected chi connectivity index (χ3v) is 2.67. The first kappa shape index (κ1) is 14.4. The fraction of sp³-hybridized carbons (Fsp3) is 0.500. The molecule has 0 spiro atoms. The molecular weight excluding hydrogens is 230 g/mol. The van der Waals surface area contributed by atoms with Crippen LogP contribution in [0.25, 0.3) is 0 Å². The zero-order chi connectivity index (χ0) is 13.2. The van der Waals surface area contributed by atoms with Crippen LogP contribution in [0.4, 0.5) is 0 Å². The molecule has 18 heavy (non-hydrogen) atoms. The van der Waals surface area contributed by atoms with Gasteiger partial charge in [-0.15, -0.1) is 0 Å². The van der Waals surface area contributed by atoms with E-state index < -0.39 is 0 Å². The average Bonchev–Trinajstić information content (AvgIpc) is 2.40. The van der Waals surface area contributed by atoms with Crippen molar-refractivity contribution in [1.29, 1.82) is 0 Å². The molecule has 100 valence electrons. The Morgan fingerprint density at radius 2 is 2.11 bits per heavy atom. The summed E-state index contributed by atoms with van der Waals surface area (Å²) in [5.41, 5.74) is 0.744. The maximum Gasteiger partial charge on any atom is 0.131 e. The molecule has 0 amide bonds. The van der Waals surface area contributed by atoms with Gasteiger partial charge < -0.3 is 14.7 Å². The van der Waals surface area contributed by atoms with Gasteiger partial charge in [-0.1, -0.05) is 31.3 Å². The van der Waals surface area contributed by atoms with Crippen LogP contribution in [-0.4, -0.2) is 25.1 Å². The molecule has 0 aliphatic carbocycles. The number of ether oxygens (including phenoxy) is 2. The number of hydrogen-bond acceptors (Lipinski definition) is 4. The Hall–Kier alpha value is -1.71. The largest absolute Gasteiger partial charge is 0.497 e. The van der Waals surface area contributed by atoms with Gasteiger partial charge in [-0.25, -0.2) is 0 Å². The normalized spacial score (nSPS) is 10.8. The number of nitrogens with zero attached hydrogens (tertiary/aromatic N) is 1. The lowest BCUT2D eigenvalue weighted by atomic mass is 10.2. The van der Waals surface area contributed by atoms with Crippen LogP contribution in [0.15, 0.2) is 23.4 Å². The van der Waals surface area contributed by atoms with Crippen molar-refractivity contribution in [3.63, 3.8) is 0 Å². The lowest BCUT2D eigenvalue weighted by molar-refractivity contribution is 0.301. The maximum atomic E-state index is 8.59. The monoisotopic (exact) mass is 251 g/mol. The molecule has 0 aliphatic heterocycles. The highest BCUT2D eigenvalue weighted by atomic mass is 16.5. The summed E-state index contributed by atoms with van der Waals surface area (Å²) in [6.07, 6.45) is 6.00. The van der Waals surface area contributed by atoms with E-state index in [2.05, 4.69) is 12.1 Å². The van der Waals surface area contributed by atoms with Gasteiger partial charge in [0.25, 0.3) is 0 Å². The number of unbranched alkanes of at least 4 members (excludes halogenated alkanes) is 3. The summed E-state index contributed by atoms with van der Waals surface area (Å²) in [6.45, 7) is 2.85. The zero-order valence-electron chi connectivity index (χ0n) is 11.1. The SMILES string of the molecule is CCCCCCOc1cc(OC)ccc1C=NO. The van der Waals surface area contributed by atoms with Crippen molar-refractivity contribution < 1.29 is 14.7 Å². The van der Waals surface area contributed by atoms with Crippen molar-refractivity contribution >= 4 is 6.21 Å². The number of methoxy groups -OCH3 is 1. The van der Waals surface area contributed by atoms with Crippen LogP contribution in [0.1, 0.15) is 38.2 Å². The molecule has 0 saturated carbocycles. The Morgan fingerprint density at radius 3 is 2.78 bits per heavy atom. The molecular formula is C14H21NO3. The van der Waals surface area contributed by atoms with E-state index in [0.29, 0.717) is 12.4 Å². The Bertz CT molecular complexity index is 377. The Balaban J connectivity index is 2.60. The van der Waals surface area contributed by atoms with Crippen LogP contribution >= 0.6 is 0 Å². The third-order valence-electron chi connectivity index (χ3n) is 2.67. The van der Waals surface area contributed by atoms with E-state index >= 15 is 0 Å². The highest BCUT2D eigenvalue weighted by Gasteiger charge is 2.04. The van der Waals surface area contributed by atoms with E-state index in [1.54, 1.807) is 25.3 Å². The first-order chi connectivity index (χ1) is 8.81. The second-order valence-electron chi connectivity index (χ2n) is 4.06. The van der Waals surface area contributed by atoms with Gasteiger partial charge >= 0.3 is 0 Å². The summed E-state index contributed by atoms with van der Waals surface area (Å²) in [5, 5.41) is 11.6. The number of rotatable bonds is 8. The standard InChI is InChI=1S/C14H21NO3/c1-3-4-5-6-9-18-14-10-13(17-2)8-7-12(14)11-15-16/h7-8,10-11,16H,3-6,9H2,1-2H3. The minimum Gasteiger partial charge on any atom is -0.497 e. The molecule has 0 unspecified atom stereocenters. The average molecular weight is 251 g/mol. The van der Waals surface area contributed by atoms with Crippen molar-refractivity contribution in [2.75, 3.05) is 13.7 Å². The molecule has 4 nitrogen and oxygen atoms in total. The lowest BCUT2D eigenvalue weighted by Crippen LogP contribution is -2.00. The summed E-state index contributed by atoms with van der Waals surface area (Å²) >= 11 is 0. The van der Waals surface area contributed by atoms with E-state index in [4.69, 9.17) is 14.7 Å². The van der Waals surface area contributed by atoms with E-state index in [1.807, 2.05) is 0 Å². The topological polar surface area (TPSA) is 51.0 Å². The van der Waals surface area contributed by atoms with Crippen LogP contribution in [0.2, 0.25) is 0 Å². The molecule has 1 aromatic rings. The van der Waals surface area contributed by atoms with Gasteiger partial charge in [0.1, 0.15) is 11.5 Å². The molecule has 0 aromatic heterocycles. The fourth-order valence-electron chi connectivity index (χ4n) is 1.65. The van der Waals surface area contributed by atoms with Gasteiger partial charge in [-0.3, -0.25) is 0 Å². The highest BCUT2D eigenvalue weighted by Crippen LogP contribution is 2.24. The van der Waals surface area contributed by atoms with E-state index in [1.165, 1.54) is 25.5 Å². The van der Waals surface area contributed by atoms with Crippen molar-refractivity contribution in [2.24, 2.45) is 5.16 Å². The van der Waals surface area contributed by atoms with Gasteiger partial charge in [-0.05, 0) is 18.6 Å². The minimum atomic E-state index is 0.666. The first-order valence-corrected chi connectivity index (χ1v) is 6.30. The molecule has 4 heteroatoms. The Labute approximate surface area is 108 Å². The van der Waals surface area contributed by atoms with Gasteiger partial charge in [0, 0.05) is 11.6 Å². The van der Waals surface area contributed by atoms with Crippen LogP contribution < -0.4 is 9.47 Å². The van der Waals surface area contributed by atoms with Gasteiger partial charge in [0.2, 0.25) is 0 Å². The molecule has 0 atom stereocenters. The smallest absolute Gasteiger partial charge is 0.131 e. The molecule has 0 aliphatic rings. The van der Waals surface area contributed by atoms with Crippen molar-refractivity contribution in [2.45, 2.75) is 32.6 Å². The summed E-state index contributed by atoms with van der Waals surface area (Å²) in [4.78, 5) is 0. The number of benzene rings is 1. The molecule has 0 heterocycles. The van der Waals surface area contributed by atoms with Gasteiger partial charge in [0.05, 0.1) is 19.9 Å². The second-order valence-corrected chi connectivity index (χ2v) is 4.06. The highest BCUT2D eigenvalue weighted by molar-refractivity contribution is 5.83.